The molecule has 4 rings (SSSR count). The molecule has 2 aromatic rings. The van der Waals surface area contributed by atoms with E-state index in [0.29, 0.717) is 29.7 Å². The molecular formula is C22H22F2. The van der Waals surface area contributed by atoms with E-state index in [1.807, 2.05) is 54.6 Å². The van der Waals surface area contributed by atoms with E-state index in [4.69, 9.17) is 0 Å². The predicted octanol–water partition coefficient (Wildman–Crippen LogP) is 6.79. The molecule has 2 saturated carbocycles. The van der Waals surface area contributed by atoms with Gasteiger partial charge >= 0.3 is 0 Å². The molecule has 2 aliphatic rings. The highest BCUT2D eigenvalue weighted by molar-refractivity contribution is 5.71. The molecular weight excluding hydrogens is 302 g/mol. The normalized spacial score (nSPS) is 25.0. The van der Waals surface area contributed by atoms with E-state index in [9.17, 15) is 8.78 Å². The lowest BCUT2D eigenvalue weighted by Gasteiger charge is -2.17. The van der Waals surface area contributed by atoms with Crippen LogP contribution in [0.2, 0.25) is 0 Å². The number of fused-ring (bicyclic) bond motifs is 2. The molecule has 2 heteroatoms. The summed E-state index contributed by atoms with van der Waals surface area (Å²) < 4.78 is 27.2. The lowest BCUT2D eigenvalue weighted by atomic mass is 9.87. The maximum atomic E-state index is 13.6. The zero-order valence-corrected chi connectivity index (χ0v) is 13.7. The number of halogens is 2. The first-order valence-electron chi connectivity index (χ1n) is 8.92. The monoisotopic (exact) mass is 324 g/mol. The number of hydrogen-bond donors (Lipinski definition) is 0. The summed E-state index contributed by atoms with van der Waals surface area (Å²) >= 11 is 0. The summed E-state index contributed by atoms with van der Waals surface area (Å²) in [6.45, 7) is 0. The van der Waals surface area contributed by atoms with E-state index in [2.05, 4.69) is 0 Å². The molecule has 124 valence electrons. The summed E-state index contributed by atoms with van der Waals surface area (Å²) in [5.74, 6) is 1.82. The van der Waals surface area contributed by atoms with Crippen LogP contribution in [0.25, 0.3) is 16.7 Å². The molecule has 2 aliphatic carbocycles. The summed E-state index contributed by atoms with van der Waals surface area (Å²) in [6.07, 6.45) is 4.00. The molecule has 0 saturated heterocycles. The van der Waals surface area contributed by atoms with Crippen molar-refractivity contribution in [2.45, 2.75) is 32.1 Å². The van der Waals surface area contributed by atoms with Crippen LogP contribution in [0.15, 0.2) is 60.7 Å². The third kappa shape index (κ3) is 2.90. The minimum atomic E-state index is -1.51. The predicted molar refractivity (Wildman–Crippen MR) is 94.6 cm³/mol. The van der Waals surface area contributed by atoms with Crippen molar-refractivity contribution < 1.29 is 8.78 Å². The molecule has 0 N–H and O–H groups in total. The van der Waals surface area contributed by atoms with Gasteiger partial charge in [-0.1, -0.05) is 54.6 Å². The summed E-state index contributed by atoms with van der Waals surface area (Å²) in [6, 6.07) is 17.7. The van der Waals surface area contributed by atoms with Gasteiger partial charge in [0.05, 0.1) is 0 Å². The van der Waals surface area contributed by atoms with Gasteiger partial charge in [0.15, 0.2) is 0 Å². The third-order valence-corrected chi connectivity index (χ3v) is 6.04. The van der Waals surface area contributed by atoms with Gasteiger partial charge in [0.1, 0.15) is 0 Å². The number of allylic oxidation sites excluding steroid dienone is 1. The SMILES string of the molecule is FC(F)=C(CC1C2CCC1CC2)c1ccc(-c2ccccc2)cc1. The van der Waals surface area contributed by atoms with E-state index >= 15 is 0 Å². The van der Waals surface area contributed by atoms with Crippen molar-refractivity contribution in [1.82, 2.24) is 0 Å². The average Bonchev–Trinajstić information content (AvgIpc) is 3.19. The Hall–Kier alpha value is -1.96. The van der Waals surface area contributed by atoms with Crippen molar-refractivity contribution >= 4 is 5.57 Å². The Morgan fingerprint density at radius 3 is 1.83 bits per heavy atom. The van der Waals surface area contributed by atoms with Crippen LogP contribution in [-0.4, -0.2) is 0 Å². The van der Waals surface area contributed by atoms with Crippen molar-refractivity contribution in [3.05, 3.63) is 66.2 Å². The van der Waals surface area contributed by atoms with Crippen molar-refractivity contribution in [3.63, 3.8) is 0 Å². The Morgan fingerprint density at radius 2 is 1.29 bits per heavy atom. The van der Waals surface area contributed by atoms with E-state index in [1.165, 1.54) is 25.7 Å². The van der Waals surface area contributed by atoms with Gasteiger partial charge in [-0.25, -0.2) is 0 Å². The van der Waals surface area contributed by atoms with Crippen molar-refractivity contribution in [2.24, 2.45) is 17.8 Å². The van der Waals surface area contributed by atoms with Gasteiger partial charge in [0.25, 0.3) is 6.08 Å². The van der Waals surface area contributed by atoms with Crippen molar-refractivity contribution in [2.75, 3.05) is 0 Å². The molecule has 2 fully saturated rings. The summed E-state index contributed by atoms with van der Waals surface area (Å²) in [7, 11) is 0. The molecule has 0 amide bonds. The van der Waals surface area contributed by atoms with Crippen LogP contribution < -0.4 is 0 Å². The van der Waals surface area contributed by atoms with Gasteiger partial charge in [-0.15, -0.1) is 0 Å². The van der Waals surface area contributed by atoms with Gasteiger partial charge < -0.3 is 0 Å². The highest BCUT2D eigenvalue weighted by atomic mass is 19.3. The van der Waals surface area contributed by atoms with Gasteiger partial charge in [0, 0.05) is 5.57 Å². The van der Waals surface area contributed by atoms with E-state index in [-0.39, 0.29) is 5.57 Å². The Balaban J connectivity index is 1.57. The molecule has 0 nitrogen and oxygen atoms in total. The Kier molecular flexibility index (Phi) is 4.22. The van der Waals surface area contributed by atoms with E-state index in [1.54, 1.807) is 0 Å². The maximum Gasteiger partial charge on any atom is 0.274 e. The lowest BCUT2D eigenvalue weighted by molar-refractivity contribution is 0.391. The summed E-state index contributed by atoms with van der Waals surface area (Å²) in [5, 5.41) is 0. The summed E-state index contributed by atoms with van der Waals surface area (Å²) in [5.41, 5.74) is 3.13. The minimum absolute atomic E-state index is 0.262. The highest BCUT2D eigenvalue weighted by Gasteiger charge is 2.42. The first-order chi connectivity index (χ1) is 11.7. The number of rotatable bonds is 4. The number of hydrogen-bond acceptors (Lipinski definition) is 0. The minimum Gasteiger partial charge on any atom is -0.173 e. The molecule has 24 heavy (non-hydrogen) atoms. The second kappa shape index (κ2) is 6.51. The first-order valence-corrected chi connectivity index (χ1v) is 8.92. The highest BCUT2D eigenvalue weighted by Crippen LogP contribution is 2.52. The molecule has 0 atom stereocenters. The Labute approximate surface area is 142 Å². The lowest BCUT2D eigenvalue weighted by Crippen LogP contribution is -2.07. The molecule has 0 aromatic heterocycles. The third-order valence-electron chi connectivity index (χ3n) is 6.04. The van der Waals surface area contributed by atoms with Crippen LogP contribution in [0, 0.1) is 17.8 Å². The Morgan fingerprint density at radius 1 is 0.750 bits per heavy atom. The molecule has 0 aliphatic heterocycles. The van der Waals surface area contributed by atoms with E-state index in [0.717, 1.165) is 11.1 Å². The molecule has 0 unspecified atom stereocenters. The standard InChI is InChI=1S/C22H22F2/c23-22(24)21(14-20-17-10-11-18(20)13-12-17)19-8-6-16(7-9-19)15-4-2-1-3-5-15/h1-9,17-18,20H,10-14H2. The zero-order valence-electron chi connectivity index (χ0n) is 13.7. The van der Waals surface area contributed by atoms with Gasteiger partial charge in [-0.3, -0.25) is 0 Å². The zero-order chi connectivity index (χ0) is 16.5. The van der Waals surface area contributed by atoms with Crippen LogP contribution in [0.5, 0.6) is 0 Å². The largest absolute Gasteiger partial charge is 0.274 e. The fraction of sp³-hybridized carbons (Fsp3) is 0.364. The van der Waals surface area contributed by atoms with Crippen LogP contribution in [0.3, 0.4) is 0 Å². The van der Waals surface area contributed by atoms with Gasteiger partial charge in [-0.2, -0.15) is 8.78 Å². The maximum absolute atomic E-state index is 13.6. The van der Waals surface area contributed by atoms with Crippen LogP contribution in [0.1, 0.15) is 37.7 Å². The molecule has 2 aromatic carbocycles. The quantitative estimate of drug-likeness (QED) is 0.581. The fourth-order valence-electron chi connectivity index (χ4n) is 4.75. The summed E-state index contributed by atoms with van der Waals surface area (Å²) in [4.78, 5) is 0. The van der Waals surface area contributed by atoms with Crippen molar-refractivity contribution in [3.8, 4) is 11.1 Å². The number of benzene rings is 2. The molecule has 2 bridgehead atoms. The van der Waals surface area contributed by atoms with Gasteiger partial charge in [0.2, 0.25) is 0 Å². The topological polar surface area (TPSA) is 0 Å². The first kappa shape index (κ1) is 15.6. The second-order valence-electron chi connectivity index (χ2n) is 7.23. The van der Waals surface area contributed by atoms with Crippen LogP contribution in [-0.2, 0) is 0 Å². The molecule has 0 spiro atoms. The van der Waals surface area contributed by atoms with Crippen LogP contribution >= 0.6 is 0 Å². The average molecular weight is 324 g/mol. The Bertz CT molecular complexity index is 706. The second-order valence-corrected chi connectivity index (χ2v) is 7.23. The van der Waals surface area contributed by atoms with E-state index < -0.39 is 6.08 Å². The molecule has 0 radical (unpaired) electrons. The smallest absolute Gasteiger partial charge is 0.173 e. The van der Waals surface area contributed by atoms with Crippen molar-refractivity contribution in [1.29, 1.82) is 0 Å². The fourth-order valence-corrected chi connectivity index (χ4v) is 4.75. The molecule has 0 heterocycles. The van der Waals surface area contributed by atoms with Gasteiger partial charge in [-0.05, 0) is 66.5 Å². The van der Waals surface area contributed by atoms with Crippen LogP contribution in [0.4, 0.5) is 8.78 Å².